The molecule has 11 nitrogen and oxygen atoms in total. The quantitative estimate of drug-likeness (QED) is 0.472. The van der Waals surface area contributed by atoms with Crippen LogP contribution >= 0.6 is 11.7 Å². The molecule has 194 valence electrons. The number of sulfonamides is 1. The molecule has 0 bridgehead atoms. The Morgan fingerprint density at radius 1 is 1.06 bits per heavy atom. The molecule has 0 aliphatic carbocycles. The third-order valence-corrected chi connectivity index (χ3v) is 7.05. The van der Waals surface area contributed by atoms with Gasteiger partial charge in [0, 0.05) is 45.3 Å². The van der Waals surface area contributed by atoms with E-state index in [9.17, 15) is 26.4 Å². The van der Waals surface area contributed by atoms with Gasteiger partial charge in [0.2, 0.25) is 15.9 Å². The van der Waals surface area contributed by atoms with E-state index in [1.54, 1.807) is 23.2 Å². The first-order chi connectivity index (χ1) is 17.0. The number of alkyl halides is 3. The lowest BCUT2D eigenvalue weighted by molar-refractivity contribution is -0.192. The van der Waals surface area contributed by atoms with Crippen LogP contribution in [0.1, 0.15) is 6.42 Å². The number of aliphatic carboxylic acids is 1. The molecular weight excluding hydrogens is 525 g/mol. The van der Waals surface area contributed by atoms with Crippen LogP contribution in [0, 0.1) is 0 Å². The Balaban J connectivity index is 0.000000454. The monoisotopic (exact) mass is 546 g/mol. The normalized spacial score (nSPS) is 14.3. The van der Waals surface area contributed by atoms with Crippen molar-refractivity contribution in [3.05, 3.63) is 42.6 Å². The van der Waals surface area contributed by atoms with E-state index in [0.717, 1.165) is 17.5 Å². The van der Waals surface area contributed by atoms with Gasteiger partial charge in [-0.25, -0.2) is 22.9 Å². The molecule has 0 unspecified atom stereocenters. The molecule has 0 saturated carbocycles. The third-order valence-electron chi connectivity index (χ3n) is 5.02. The standard InChI is InChI=1S/C18H20N6O3S2.C2HF3O2/c25-17(24-12-10-23(11-13-24)16-6-1-2-8-19-16)7-9-20-29(26,27)15-5-3-4-14-18(15)22-28-21-14;3-2(4,5)1(6)7/h1-6,8,20H,7,9-13H2;(H,6,7). The first kappa shape index (κ1) is 27.2. The summed E-state index contributed by atoms with van der Waals surface area (Å²) >= 11 is 0.968. The number of rotatable bonds is 6. The van der Waals surface area contributed by atoms with E-state index in [4.69, 9.17) is 9.90 Å². The number of carbonyl (C=O) groups excluding carboxylic acids is 1. The Bertz CT molecular complexity index is 1300. The summed E-state index contributed by atoms with van der Waals surface area (Å²) in [6, 6.07) is 10.6. The SMILES string of the molecule is O=C(CCNS(=O)(=O)c1cccc2nsnc12)N1CCN(c2ccccn2)CC1.O=C(O)C(F)(F)F. The van der Waals surface area contributed by atoms with Crippen LogP contribution in [0.4, 0.5) is 19.0 Å². The van der Waals surface area contributed by atoms with Crippen LogP contribution in [-0.2, 0) is 19.6 Å². The van der Waals surface area contributed by atoms with E-state index in [0.29, 0.717) is 37.2 Å². The topological polar surface area (TPSA) is 146 Å². The van der Waals surface area contributed by atoms with Gasteiger partial charge >= 0.3 is 12.1 Å². The van der Waals surface area contributed by atoms with Crippen molar-refractivity contribution < 1.29 is 36.3 Å². The van der Waals surface area contributed by atoms with Gasteiger partial charge in [-0.3, -0.25) is 4.79 Å². The summed E-state index contributed by atoms with van der Waals surface area (Å²) in [5.74, 6) is -1.92. The molecule has 2 aromatic heterocycles. The molecule has 0 radical (unpaired) electrons. The van der Waals surface area contributed by atoms with Gasteiger partial charge < -0.3 is 14.9 Å². The zero-order chi connectivity index (χ0) is 26.3. The summed E-state index contributed by atoms with van der Waals surface area (Å²) in [5.41, 5.74) is 0.890. The number of carbonyl (C=O) groups is 2. The number of pyridine rings is 1. The van der Waals surface area contributed by atoms with E-state index >= 15 is 0 Å². The number of halogens is 3. The van der Waals surface area contributed by atoms with Crippen molar-refractivity contribution in [2.75, 3.05) is 37.6 Å². The molecule has 1 aromatic carbocycles. The maximum Gasteiger partial charge on any atom is 0.490 e. The minimum atomic E-state index is -5.08. The fourth-order valence-corrected chi connectivity index (χ4v) is 5.05. The fraction of sp³-hybridized carbons (Fsp3) is 0.350. The average molecular weight is 547 g/mol. The molecule has 4 rings (SSSR count). The van der Waals surface area contributed by atoms with Gasteiger partial charge in [-0.15, -0.1) is 0 Å². The molecule has 1 fully saturated rings. The van der Waals surface area contributed by atoms with Gasteiger partial charge in [0.25, 0.3) is 0 Å². The van der Waals surface area contributed by atoms with Gasteiger partial charge in [0.1, 0.15) is 21.7 Å². The smallest absolute Gasteiger partial charge is 0.475 e. The number of hydrogen-bond acceptors (Lipinski definition) is 9. The summed E-state index contributed by atoms with van der Waals surface area (Å²) < 4.78 is 67.5. The van der Waals surface area contributed by atoms with Crippen molar-refractivity contribution in [2.45, 2.75) is 17.5 Å². The largest absolute Gasteiger partial charge is 0.490 e. The number of nitrogens with one attached hydrogen (secondary N) is 1. The maximum atomic E-state index is 12.6. The van der Waals surface area contributed by atoms with E-state index in [2.05, 4.69) is 23.4 Å². The van der Waals surface area contributed by atoms with Crippen LogP contribution in [0.3, 0.4) is 0 Å². The van der Waals surface area contributed by atoms with Crippen LogP contribution in [-0.4, -0.2) is 82.9 Å². The van der Waals surface area contributed by atoms with E-state index in [1.165, 1.54) is 6.07 Å². The summed E-state index contributed by atoms with van der Waals surface area (Å²) in [5, 5.41) is 7.12. The third kappa shape index (κ3) is 7.08. The van der Waals surface area contributed by atoms with E-state index < -0.39 is 22.2 Å². The van der Waals surface area contributed by atoms with Crippen molar-refractivity contribution in [1.82, 2.24) is 23.4 Å². The lowest BCUT2D eigenvalue weighted by Gasteiger charge is -2.35. The number of aromatic nitrogens is 3. The fourth-order valence-electron chi connectivity index (χ4n) is 3.25. The van der Waals surface area contributed by atoms with Gasteiger partial charge in [-0.2, -0.15) is 21.9 Å². The highest BCUT2D eigenvalue weighted by Gasteiger charge is 2.38. The van der Waals surface area contributed by atoms with Crippen LogP contribution in [0.15, 0.2) is 47.5 Å². The first-order valence-corrected chi connectivity index (χ1v) is 12.6. The van der Waals surface area contributed by atoms with Crippen LogP contribution in [0.5, 0.6) is 0 Å². The number of amides is 1. The molecule has 3 heterocycles. The Morgan fingerprint density at radius 3 is 2.36 bits per heavy atom. The Labute approximate surface area is 207 Å². The van der Waals surface area contributed by atoms with Gasteiger partial charge in [-0.05, 0) is 24.3 Å². The minimum Gasteiger partial charge on any atom is -0.475 e. The molecule has 0 spiro atoms. The summed E-state index contributed by atoms with van der Waals surface area (Å²) in [4.78, 5) is 29.7. The van der Waals surface area contributed by atoms with Crippen molar-refractivity contribution >= 4 is 50.5 Å². The zero-order valence-electron chi connectivity index (χ0n) is 18.6. The van der Waals surface area contributed by atoms with Crippen molar-refractivity contribution in [3.8, 4) is 0 Å². The van der Waals surface area contributed by atoms with Crippen LogP contribution in [0.25, 0.3) is 11.0 Å². The number of fused-ring (bicyclic) bond motifs is 1. The molecule has 1 aliphatic rings. The highest BCUT2D eigenvalue weighted by atomic mass is 32.2. The highest BCUT2D eigenvalue weighted by molar-refractivity contribution is 7.89. The lowest BCUT2D eigenvalue weighted by Crippen LogP contribution is -2.49. The minimum absolute atomic E-state index is 0.0373. The number of anilines is 1. The second-order valence-corrected chi connectivity index (χ2v) is 9.66. The molecule has 3 aromatic rings. The molecule has 2 N–H and O–H groups in total. The zero-order valence-corrected chi connectivity index (χ0v) is 20.2. The predicted octanol–water partition coefficient (Wildman–Crippen LogP) is 1.74. The molecule has 16 heteroatoms. The number of carboxylic acids is 1. The molecule has 1 amide bonds. The number of carboxylic acid groups (broad SMARTS) is 1. The van der Waals surface area contributed by atoms with Gasteiger partial charge in [-0.1, -0.05) is 12.1 Å². The Morgan fingerprint density at radius 2 is 1.75 bits per heavy atom. The van der Waals surface area contributed by atoms with Crippen molar-refractivity contribution in [2.24, 2.45) is 0 Å². The molecule has 36 heavy (non-hydrogen) atoms. The molecule has 1 aliphatic heterocycles. The highest BCUT2D eigenvalue weighted by Crippen LogP contribution is 2.21. The van der Waals surface area contributed by atoms with Crippen molar-refractivity contribution in [3.63, 3.8) is 0 Å². The van der Waals surface area contributed by atoms with Gasteiger partial charge in [0.15, 0.2) is 0 Å². The molecule has 0 atom stereocenters. The van der Waals surface area contributed by atoms with Crippen LogP contribution in [0.2, 0.25) is 0 Å². The molecule has 1 saturated heterocycles. The first-order valence-electron chi connectivity index (χ1n) is 10.4. The number of hydrogen-bond donors (Lipinski definition) is 2. The second-order valence-electron chi connectivity index (χ2n) is 7.39. The predicted molar refractivity (Wildman–Crippen MR) is 124 cm³/mol. The van der Waals surface area contributed by atoms with Crippen molar-refractivity contribution in [1.29, 1.82) is 0 Å². The van der Waals surface area contributed by atoms with E-state index in [1.807, 2.05) is 18.2 Å². The maximum absolute atomic E-state index is 12.6. The van der Waals surface area contributed by atoms with Gasteiger partial charge in [0.05, 0.1) is 11.7 Å². The Kier molecular flexibility index (Phi) is 8.75. The van der Waals surface area contributed by atoms with Crippen LogP contribution < -0.4 is 9.62 Å². The van der Waals surface area contributed by atoms with E-state index in [-0.39, 0.29) is 23.8 Å². The number of piperazine rings is 1. The lowest BCUT2D eigenvalue weighted by atomic mass is 10.2. The molecular formula is C20H21F3N6O5S2. The summed E-state index contributed by atoms with van der Waals surface area (Å²) in [6.45, 7) is 2.62. The number of benzene rings is 1. The average Bonchev–Trinajstić information content (AvgIpc) is 3.33. The summed E-state index contributed by atoms with van der Waals surface area (Å²) in [7, 11) is -3.76. The number of nitrogens with zero attached hydrogens (tertiary/aromatic N) is 5. The Hall–Kier alpha value is -3.37. The second kappa shape index (κ2) is 11.6. The summed E-state index contributed by atoms with van der Waals surface area (Å²) in [6.07, 6.45) is -3.23.